The number of aryl methyl sites for hydroxylation is 1. The summed E-state index contributed by atoms with van der Waals surface area (Å²) in [5.74, 6) is 2.32. The van der Waals surface area contributed by atoms with E-state index in [9.17, 15) is 9.90 Å². The first-order chi connectivity index (χ1) is 25.2. The van der Waals surface area contributed by atoms with Crippen molar-refractivity contribution in [2.75, 3.05) is 96.4 Å². The Hall–Kier alpha value is -3.76. The predicted octanol–water partition coefficient (Wildman–Crippen LogP) is 4.35. The van der Waals surface area contributed by atoms with Crippen molar-refractivity contribution in [1.82, 2.24) is 24.5 Å². The second-order valence-corrected chi connectivity index (χ2v) is 13.7. The molecule has 0 aromatic carbocycles. The number of ether oxygens (including phenoxy) is 6. The molecule has 1 aliphatic rings. The van der Waals surface area contributed by atoms with Crippen LogP contribution in [0.4, 0.5) is 16.4 Å². The molecular formula is C37H59N7O8. The second-order valence-electron chi connectivity index (χ2n) is 13.7. The van der Waals surface area contributed by atoms with E-state index in [2.05, 4.69) is 33.3 Å². The van der Waals surface area contributed by atoms with E-state index in [4.69, 9.17) is 33.4 Å². The van der Waals surface area contributed by atoms with Crippen LogP contribution in [0.1, 0.15) is 64.5 Å². The van der Waals surface area contributed by atoms with Crippen molar-refractivity contribution in [2.45, 2.75) is 78.0 Å². The number of aliphatic hydroxyl groups is 1. The molecule has 2 N–H and O–H groups in total. The summed E-state index contributed by atoms with van der Waals surface area (Å²) < 4.78 is 35.1. The van der Waals surface area contributed by atoms with E-state index in [-0.39, 0.29) is 18.7 Å². The fourth-order valence-electron chi connectivity index (χ4n) is 5.66. The van der Waals surface area contributed by atoms with Crippen molar-refractivity contribution < 1.29 is 38.3 Å². The minimum absolute atomic E-state index is 0.174. The number of hydrogen-bond donors (Lipinski definition) is 2. The first kappa shape index (κ1) is 41.0. The van der Waals surface area contributed by atoms with Gasteiger partial charge in [-0.3, -0.25) is 0 Å². The lowest BCUT2D eigenvalue weighted by atomic mass is 9.99. The number of fused-ring (bicyclic) bond motifs is 1. The highest BCUT2D eigenvalue weighted by atomic mass is 16.6. The number of anilines is 2. The number of pyridine rings is 1. The zero-order chi connectivity index (χ0) is 37.2. The minimum atomic E-state index is -0.516. The fraction of sp³-hybridized carbons (Fsp3) is 0.676. The summed E-state index contributed by atoms with van der Waals surface area (Å²) in [5.41, 5.74) is 2.45. The van der Waals surface area contributed by atoms with Crippen molar-refractivity contribution in [1.29, 1.82) is 0 Å². The molecule has 1 aliphatic heterocycles. The van der Waals surface area contributed by atoms with Crippen LogP contribution in [0.3, 0.4) is 0 Å². The standard InChI is InChI=1S/C37H59N7O8/c1-6-30-28-40-44-32(25-33(41-35(30)44)43-13-8-7-9-31(43)12-15-45)38-26-29-10-11-34(39-27-29)51-24-23-50-22-21-49-20-19-48-18-17-47-16-14-42(5)36(46)52-37(2,3)4/h10-11,25,27-28,31,38,45H,6-9,12-24,26H2,1-5H3/t31-/m0/s1. The number of piperidine rings is 1. The zero-order valence-electron chi connectivity index (χ0n) is 31.7. The van der Waals surface area contributed by atoms with E-state index in [1.165, 1.54) is 11.3 Å². The number of aliphatic hydroxyl groups excluding tert-OH is 1. The quantitative estimate of drug-likeness (QED) is 0.133. The molecule has 15 nitrogen and oxygen atoms in total. The molecule has 52 heavy (non-hydrogen) atoms. The van der Waals surface area contributed by atoms with Crippen molar-refractivity contribution >= 4 is 23.4 Å². The zero-order valence-corrected chi connectivity index (χ0v) is 31.7. The van der Waals surface area contributed by atoms with Crippen molar-refractivity contribution in [2.24, 2.45) is 0 Å². The van der Waals surface area contributed by atoms with Gasteiger partial charge in [0.2, 0.25) is 5.88 Å². The Morgan fingerprint density at radius 3 is 2.31 bits per heavy atom. The monoisotopic (exact) mass is 729 g/mol. The molecule has 0 bridgehead atoms. The summed E-state index contributed by atoms with van der Waals surface area (Å²) in [7, 11) is 1.68. The molecular weight excluding hydrogens is 670 g/mol. The highest BCUT2D eigenvalue weighted by Crippen LogP contribution is 2.29. The summed E-state index contributed by atoms with van der Waals surface area (Å²) in [6.45, 7) is 13.7. The predicted molar refractivity (Wildman–Crippen MR) is 198 cm³/mol. The number of aromatic nitrogens is 4. The van der Waals surface area contributed by atoms with Gasteiger partial charge in [0.25, 0.3) is 0 Å². The normalized spacial score (nSPS) is 14.9. The van der Waals surface area contributed by atoms with E-state index in [1.54, 1.807) is 13.2 Å². The lowest BCUT2D eigenvalue weighted by Gasteiger charge is -2.36. The van der Waals surface area contributed by atoms with E-state index >= 15 is 0 Å². The van der Waals surface area contributed by atoms with Gasteiger partial charge in [0, 0.05) is 63.2 Å². The molecule has 1 saturated heterocycles. The van der Waals surface area contributed by atoms with Crippen LogP contribution in [-0.4, -0.2) is 134 Å². The maximum atomic E-state index is 11.9. The fourth-order valence-corrected chi connectivity index (χ4v) is 5.66. The largest absolute Gasteiger partial charge is 0.475 e. The van der Waals surface area contributed by atoms with Crippen LogP contribution >= 0.6 is 0 Å². The van der Waals surface area contributed by atoms with Gasteiger partial charge >= 0.3 is 6.09 Å². The molecule has 3 aromatic heterocycles. The molecule has 4 heterocycles. The maximum Gasteiger partial charge on any atom is 0.410 e. The summed E-state index contributed by atoms with van der Waals surface area (Å²) in [4.78, 5) is 25.2. The van der Waals surface area contributed by atoms with Gasteiger partial charge in [0.1, 0.15) is 23.8 Å². The van der Waals surface area contributed by atoms with Gasteiger partial charge in [-0.2, -0.15) is 9.61 Å². The lowest BCUT2D eigenvalue weighted by molar-refractivity contribution is -0.00790. The van der Waals surface area contributed by atoms with Crippen LogP contribution in [-0.2, 0) is 36.6 Å². The van der Waals surface area contributed by atoms with E-state index in [0.717, 1.165) is 60.6 Å². The number of likely N-dealkylation sites (N-methyl/N-ethyl adjacent to an activating group) is 1. The number of carbonyl (C=O) groups is 1. The minimum Gasteiger partial charge on any atom is -0.475 e. The van der Waals surface area contributed by atoms with Gasteiger partial charge in [-0.15, -0.1) is 0 Å². The van der Waals surface area contributed by atoms with Crippen LogP contribution in [0, 0.1) is 0 Å². The Kier molecular flexibility index (Phi) is 17.1. The van der Waals surface area contributed by atoms with E-state index in [0.29, 0.717) is 78.4 Å². The number of hydrogen-bond acceptors (Lipinski definition) is 13. The maximum absolute atomic E-state index is 11.9. The van der Waals surface area contributed by atoms with Gasteiger partial charge in [-0.25, -0.2) is 14.8 Å². The molecule has 1 amide bonds. The van der Waals surface area contributed by atoms with Gasteiger partial charge < -0.3 is 48.6 Å². The number of nitrogens with one attached hydrogen (secondary N) is 1. The van der Waals surface area contributed by atoms with Crippen molar-refractivity contribution in [3.05, 3.63) is 41.7 Å². The summed E-state index contributed by atoms with van der Waals surface area (Å²) in [6, 6.07) is 6.20. The molecule has 3 aromatic rings. The Balaban J connectivity index is 1.06. The van der Waals surface area contributed by atoms with Crippen LogP contribution in [0.25, 0.3) is 5.65 Å². The Bertz CT molecular complexity index is 1460. The van der Waals surface area contributed by atoms with Gasteiger partial charge in [0.15, 0.2) is 5.65 Å². The summed E-state index contributed by atoms with van der Waals surface area (Å²) >= 11 is 0. The molecule has 0 aliphatic carbocycles. The SMILES string of the molecule is CCc1cnn2c(NCc3ccc(OCCOCCOCCOCCOCCN(C)C(=O)OC(C)(C)C)nc3)cc(N3CCCC[C@H]3CCO)nc12. The average Bonchev–Trinajstić information content (AvgIpc) is 3.55. The molecule has 15 heteroatoms. The summed E-state index contributed by atoms with van der Waals surface area (Å²) in [5, 5.41) is 17.8. The molecule has 4 rings (SSSR count). The van der Waals surface area contributed by atoms with E-state index in [1.807, 2.05) is 43.6 Å². The molecule has 0 radical (unpaired) electrons. The molecule has 0 saturated carbocycles. The molecule has 0 unspecified atom stereocenters. The third-order valence-corrected chi connectivity index (χ3v) is 8.44. The summed E-state index contributed by atoms with van der Waals surface area (Å²) in [6.07, 6.45) is 8.27. The Labute approximate surface area is 307 Å². The first-order valence-electron chi connectivity index (χ1n) is 18.5. The number of rotatable bonds is 23. The lowest BCUT2D eigenvalue weighted by Crippen LogP contribution is -2.40. The van der Waals surface area contributed by atoms with Crippen LogP contribution < -0.4 is 15.0 Å². The molecule has 1 atom stereocenters. The van der Waals surface area contributed by atoms with Crippen LogP contribution in [0.5, 0.6) is 5.88 Å². The highest BCUT2D eigenvalue weighted by Gasteiger charge is 2.25. The smallest absolute Gasteiger partial charge is 0.410 e. The molecule has 1 fully saturated rings. The molecule has 0 spiro atoms. The van der Waals surface area contributed by atoms with Gasteiger partial charge in [0.05, 0.1) is 59.1 Å². The number of nitrogens with zero attached hydrogens (tertiary/aromatic N) is 6. The van der Waals surface area contributed by atoms with Gasteiger partial charge in [-0.05, 0) is 58.4 Å². The topological polar surface area (TPSA) is 154 Å². The van der Waals surface area contributed by atoms with Crippen LogP contribution in [0.2, 0.25) is 0 Å². The Morgan fingerprint density at radius 1 is 0.981 bits per heavy atom. The number of amides is 1. The second kappa shape index (κ2) is 21.7. The number of carbonyl (C=O) groups excluding carboxylic acids is 1. The highest BCUT2D eigenvalue weighted by molar-refractivity contribution is 5.67. The Morgan fingerprint density at radius 2 is 1.67 bits per heavy atom. The third-order valence-electron chi connectivity index (χ3n) is 8.44. The average molecular weight is 730 g/mol. The molecule has 290 valence electrons. The third kappa shape index (κ3) is 13.7. The van der Waals surface area contributed by atoms with Crippen LogP contribution in [0.15, 0.2) is 30.6 Å². The van der Waals surface area contributed by atoms with Gasteiger partial charge in [-0.1, -0.05) is 13.0 Å². The van der Waals surface area contributed by atoms with Crippen molar-refractivity contribution in [3.8, 4) is 5.88 Å². The first-order valence-corrected chi connectivity index (χ1v) is 18.5. The van der Waals surface area contributed by atoms with E-state index < -0.39 is 5.60 Å². The van der Waals surface area contributed by atoms with Crippen molar-refractivity contribution in [3.63, 3.8) is 0 Å².